The molecular formula is C30H27ClN2O6. The molecule has 4 aromatic rings. The number of rotatable bonds is 8. The van der Waals surface area contributed by atoms with Gasteiger partial charge < -0.3 is 19.7 Å². The van der Waals surface area contributed by atoms with Crippen molar-refractivity contribution in [3.05, 3.63) is 146 Å². The van der Waals surface area contributed by atoms with Crippen LogP contribution in [0.5, 0.6) is 0 Å². The number of hydrogen-bond acceptors (Lipinski definition) is 6. The molecular weight excluding hydrogens is 520 g/mol. The van der Waals surface area contributed by atoms with E-state index in [1.165, 1.54) is 12.3 Å². The van der Waals surface area contributed by atoms with E-state index < -0.39 is 41.4 Å². The van der Waals surface area contributed by atoms with E-state index in [9.17, 15) is 19.8 Å². The number of ether oxygens (including phenoxy) is 2. The average Bonchev–Trinajstić information content (AvgIpc) is 3.25. The summed E-state index contributed by atoms with van der Waals surface area (Å²) < 4.78 is 13.7. The SMILES string of the molecule is O=c1[nH]c(=O)n([C@@H]2O[C@H](COC(c3ccccc3)(c3ccccc3)c3ccccc3)[C@@H](O)[C@H]2O)cc1C=CCl. The highest BCUT2D eigenvalue weighted by molar-refractivity contribution is 6.27. The predicted octanol–water partition coefficient (Wildman–Crippen LogP) is 3.37. The minimum absolute atomic E-state index is 0.0887. The number of hydrogen-bond donors (Lipinski definition) is 3. The van der Waals surface area contributed by atoms with E-state index >= 15 is 0 Å². The Morgan fingerprint density at radius 1 is 0.872 bits per heavy atom. The molecule has 9 heteroatoms. The van der Waals surface area contributed by atoms with E-state index in [0.717, 1.165) is 26.8 Å². The summed E-state index contributed by atoms with van der Waals surface area (Å²) in [5, 5.41) is 21.8. The topological polar surface area (TPSA) is 114 Å². The largest absolute Gasteiger partial charge is 0.387 e. The lowest BCUT2D eigenvalue weighted by atomic mass is 9.80. The summed E-state index contributed by atoms with van der Waals surface area (Å²) >= 11 is 5.61. The van der Waals surface area contributed by atoms with Gasteiger partial charge in [-0.3, -0.25) is 14.3 Å². The molecule has 5 rings (SSSR count). The van der Waals surface area contributed by atoms with Gasteiger partial charge in [0, 0.05) is 11.7 Å². The standard InChI is InChI=1S/C30H27ClN2O6/c31-17-16-20-18-33(29(37)32-27(20)36)28-26(35)25(34)24(39-28)19-38-30(21-10-4-1-5-11-21,22-12-6-2-7-13-22)23-14-8-3-9-15-23/h1-18,24-26,28,34-35H,19H2,(H,32,36,37)/t24-,25-,26-,28-/m1/s1. The zero-order chi connectivity index (χ0) is 27.4. The van der Waals surface area contributed by atoms with Gasteiger partial charge in [0.25, 0.3) is 5.56 Å². The van der Waals surface area contributed by atoms with E-state index in [1.54, 1.807) is 0 Å². The maximum absolute atomic E-state index is 12.6. The summed E-state index contributed by atoms with van der Waals surface area (Å²) in [7, 11) is 0. The second kappa shape index (κ2) is 11.5. The van der Waals surface area contributed by atoms with Crippen LogP contribution in [0.1, 0.15) is 28.5 Å². The molecule has 3 aromatic carbocycles. The van der Waals surface area contributed by atoms with Gasteiger partial charge in [0.1, 0.15) is 23.9 Å². The highest BCUT2D eigenvalue weighted by atomic mass is 35.5. The molecule has 0 bridgehead atoms. The van der Waals surface area contributed by atoms with Crippen LogP contribution in [0.3, 0.4) is 0 Å². The molecule has 200 valence electrons. The molecule has 0 spiro atoms. The molecule has 4 atom stereocenters. The average molecular weight is 547 g/mol. The van der Waals surface area contributed by atoms with Crippen LogP contribution in [0.2, 0.25) is 0 Å². The van der Waals surface area contributed by atoms with Gasteiger partial charge in [-0.1, -0.05) is 103 Å². The third-order valence-corrected chi connectivity index (χ3v) is 6.98. The fourth-order valence-electron chi connectivity index (χ4n) is 4.95. The molecule has 0 unspecified atom stereocenters. The zero-order valence-electron chi connectivity index (χ0n) is 20.8. The van der Waals surface area contributed by atoms with Gasteiger partial charge in [-0.25, -0.2) is 4.79 Å². The highest BCUT2D eigenvalue weighted by Crippen LogP contribution is 2.41. The van der Waals surface area contributed by atoms with Crippen molar-refractivity contribution >= 4 is 17.7 Å². The lowest BCUT2D eigenvalue weighted by molar-refractivity contribution is -0.0958. The molecule has 1 aliphatic heterocycles. The first-order chi connectivity index (χ1) is 19.0. The van der Waals surface area contributed by atoms with Crippen molar-refractivity contribution in [3.8, 4) is 0 Å². The number of aliphatic hydroxyl groups excluding tert-OH is 2. The molecule has 8 nitrogen and oxygen atoms in total. The normalized spacial score (nSPS) is 21.4. The third kappa shape index (κ3) is 5.13. The summed E-state index contributed by atoms with van der Waals surface area (Å²) in [6.07, 6.45) is -2.56. The molecule has 39 heavy (non-hydrogen) atoms. The highest BCUT2D eigenvalue weighted by Gasteiger charge is 2.46. The molecule has 0 saturated carbocycles. The quantitative estimate of drug-likeness (QED) is 0.292. The number of nitrogens with one attached hydrogen (secondary N) is 1. The first-order valence-electron chi connectivity index (χ1n) is 12.4. The number of aromatic amines is 1. The zero-order valence-corrected chi connectivity index (χ0v) is 21.5. The smallest absolute Gasteiger partial charge is 0.330 e. The summed E-state index contributed by atoms with van der Waals surface area (Å²) in [5.74, 6) is 0. The van der Waals surface area contributed by atoms with Crippen LogP contribution >= 0.6 is 11.6 Å². The second-order valence-corrected chi connectivity index (χ2v) is 9.43. The van der Waals surface area contributed by atoms with Gasteiger partial charge in [-0.05, 0) is 22.8 Å². The van der Waals surface area contributed by atoms with E-state index in [4.69, 9.17) is 21.1 Å². The Labute approximate surface area is 229 Å². The van der Waals surface area contributed by atoms with Crippen LogP contribution in [0.15, 0.2) is 112 Å². The minimum Gasteiger partial charge on any atom is -0.387 e. The molecule has 1 fully saturated rings. The molecule has 0 aliphatic carbocycles. The molecule has 0 radical (unpaired) electrons. The van der Waals surface area contributed by atoms with Crippen LogP contribution in [-0.2, 0) is 15.1 Å². The summed E-state index contributed by atoms with van der Waals surface area (Å²) in [5.41, 5.74) is 1.31. The van der Waals surface area contributed by atoms with Crippen LogP contribution < -0.4 is 11.2 Å². The first kappa shape index (κ1) is 26.8. The van der Waals surface area contributed by atoms with Crippen LogP contribution in [0.25, 0.3) is 6.08 Å². The van der Waals surface area contributed by atoms with Gasteiger partial charge in [0.05, 0.1) is 12.2 Å². The number of halogens is 1. The van der Waals surface area contributed by atoms with Crippen LogP contribution in [0, 0.1) is 0 Å². The van der Waals surface area contributed by atoms with E-state index in [-0.39, 0.29) is 12.2 Å². The monoisotopic (exact) mass is 546 g/mol. The van der Waals surface area contributed by atoms with Gasteiger partial charge in [-0.15, -0.1) is 0 Å². The Hall–Kier alpha value is -3.79. The van der Waals surface area contributed by atoms with E-state index in [2.05, 4.69) is 4.98 Å². The summed E-state index contributed by atoms with van der Waals surface area (Å²) in [4.78, 5) is 26.8. The summed E-state index contributed by atoms with van der Waals surface area (Å²) in [6.45, 7) is -0.125. The Balaban J connectivity index is 1.52. The predicted molar refractivity (Wildman–Crippen MR) is 147 cm³/mol. The lowest BCUT2D eigenvalue weighted by Gasteiger charge is -2.37. The second-order valence-electron chi connectivity index (χ2n) is 9.18. The Morgan fingerprint density at radius 3 is 1.87 bits per heavy atom. The van der Waals surface area contributed by atoms with Crippen molar-refractivity contribution < 1.29 is 19.7 Å². The fraction of sp³-hybridized carbons (Fsp3) is 0.200. The molecule has 3 N–H and O–H groups in total. The maximum Gasteiger partial charge on any atom is 0.330 e. The summed E-state index contributed by atoms with van der Waals surface area (Å²) in [6, 6.07) is 29.1. The van der Waals surface area contributed by atoms with E-state index in [1.807, 2.05) is 91.0 Å². The Kier molecular flexibility index (Phi) is 7.92. The number of benzene rings is 3. The number of H-pyrrole nitrogens is 1. The fourth-order valence-corrected chi connectivity index (χ4v) is 5.08. The Bertz CT molecular complexity index is 1440. The van der Waals surface area contributed by atoms with Gasteiger partial charge >= 0.3 is 5.69 Å². The van der Waals surface area contributed by atoms with Crippen molar-refractivity contribution in [1.29, 1.82) is 0 Å². The number of aliphatic hydroxyl groups is 2. The van der Waals surface area contributed by atoms with Crippen molar-refractivity contribution in [2.75, 3.05) is 6.61 Å². The van der Waals surface area contributed by atoms with Crippen molar-refractivity contribution in [3.63, 3.8) is 0 Å². The molecule has 1 aromatic heterocycles. The van der Waals surface area contributed by atoms with Crippen LogP contribution in [-0.4, -0.2) is 44.7 Å². The van der Waals surface area contributed by atoms with E-state index in [0.29, 0.717) is 0 Å². The molecule has 2 heterocycles. The maximum atomic E-state index is 12.6. The number of aromatic nitrogens is 2. The molecule has 0 amide bonds. The van der Waals surface area contributed by atoms with Gasteiger partial charge in [0.2, 0.25) is 0 Å². The lowest BCUT2D eigenvalue weighted by Crippen LogP contribution is -2.40. The molecule has 1 aliphatic rings. The minimum atomic E-state index is -1.46. The van der Waals surface area contributed by atoms with Crippen LogP contribution in [0.4, 0.5) is 0 Å². The third-order valence-electron chi connectivity index (χ3n) is 6.85. The van der Waals surface area contributed by atoms with Crippen molar-refractivity contribution in [2.24, 2.45) is 0 Å². The van der Waals surface area contributed by atoms with Gasteiger partial charge in [-0.2, -0.15) is 0 Å². The van der Waals surface area contributed by atoms with Gasteiger partial charge in [0.15, 0.2) is 6.23 Å². The molecule has 1 saturated heterocycles. The number of nitrogens with zero attached hydrogens (tertiary/aromatic N) is 1. The Morgan fingerprint density at radius 2 is 1.38 bits per heavy atom. The van der Waals surface area contributed by atoms with Crippen molar-refractivity contribution in [1.82, 2.24) is 9.55 Å². The van der Waals surface area contributed by atoms with Crippen molar-refractivity contribution in [2.45, 2.75) is 30.1 Å². The first-order valence-corrected chi connectivity index (χ1v) is 12.8.